The third kappa shape index (κ3) is 4.44. The van der Waals surface area contributed by atoms with E-state index in [0.29, 0.717) is 36.4 Å². The number of benzene rings is 1. The summed E-state index contributed by atoms with van der Waals surface area (Å²) in [7, 11) is 1.60. The standard InChI is InChI=1S/C17H21N3O3S/c1-22-14-4-2-3-5-15(14)23-11-9-18-16(21)12-24-17-19-8-10-20(17)13-6-7-13/h2-5,8,10,13H,6-7,9,11-12H2,1H3,(H,18,21). The van der Waals surface area contributed by atoms with Crippen molar-refractivity contribution in [2.45, 2.75) is 24.0 Å². The van der Waals surface area contributed by atoms with E-state index in [9.17, 15) is 4.79 Å². The Morgan fingerprint density at radius 1 is 1.38 bits per heavy atom. The third-order valence-electron chi connectivity index (χ3n) is 3.66. The highest BCUT2D eigenvalue weighted by Crippen LogP contribution is 2.37. The molecule has 0 saturated heterocycles. The summed E-state index contributed by atoms with van der Waals surface area (Å²) in [5.74, 6) is 1.70. The topological polar surface area (TPSA) is 65.4 Å². The molecule has 7 heteroatoms. The minimum Gasteiger partial charge on any atom is -0.493 e. The summed E-state index contributed by atoms with van der Waals surface area (Å²) >= 11 is 1.47. The van der Waals surface area contributed by atoms with Gasteiger partial charge in [0.25, 0.3) is 0 Å². The number of ether oxygens (including phenoxy) is 2. The first kappa shape index (κ1) is 16.7. The van der Waals surface area contributed by atoms with E-state index in [1.54, 1.807) is 13.3 Å². The Kier molecular flexibility index (Phi) is 5.63. The van der Waals surface area contributed by atoms with E-state index >= 15 is 0 Å². The van der Waals surface area contributed by atoms with E-state index in [1.165, 1.54) is 24.6 Å². The zero-order valence-corrected chi connectivity index (χ0v) is 14.4. The van der Waals surface area contributed by atoms with Crippen molar-refractivity contribution >= 4 is 17.7 Å². The van der Waals surface area contributed by atoms with E-state index < -0.39 is 0 Å². The molecule has 128 valence electrons. The Balaban J connectivity index is 1.36. The molecule has 3 rings (SSSR count). The van der Waals surface area contributed by atoms with E-state index in [2.05, 4.69) is 14.9 Å². The summed E-state index contributed by atoms with van der Waals surface area (Å²) in [6.45, 7) is 0.849. The van der Waals surface area contributed by atoms with Gasteiger partial charge in [-0.2, -0.15) is 0 Å². The predicted molar refractivity (Wildman–Crippen MR) is 92.7 cm³/mol. The van der Waals surface area contributed by atoms with Crippen LogP contribution in [0.25, 0.3) is 0 Å². The number of carbonyl (C=O) groups is 1. The van der Waals surface area contributed by atoms with Crippen LogP contribution in [-0.4, -0.2) is 41.5 Å². The Hall–Kier alpha value is -2.15. The molecule has 0 atom stereocenters. The predicted octanol–water partition coefficient (Wildman–Crippen LogP) is 2.51. The quantitative estimate of drug-likeness (QED) is 0.558. The number of para-hydroxylation sites is 2. The number of imidazole rings is 1. The monoisotopic (exact) mass is 347 g/mol. The molecule has 0 aliphatic heterocycles. The van der Waals surface area contributed by atoms with Gasteiger partial charge in [0, 0.05) is 18.4 Å². The number of nitrogens with zero attached hydrogens (tertiary/aromatic N) is 2. The van der Waals surface area contributed by atoms with Crippen LogP contribution in [0.3, 0.4) is 0 Å². The van der Waals surface area contributed by atoms with Gasteiger partial charge in [-0.25, -0.2) is 4.98 Å². The number of amides is 1. The summed E-state index contributed by atoms with van der Waals surface area (Å²) < 4.78 is 13.0. The van der Waals surface area contributed by atoms with Gasteiger partial charge in [0.2, 0.25) is 5.91 Å². The molecule has 1 heterocycles. The Bertz CT molecular complexity index is 685. The smallest absolute Gasteiger partial charge is 0.230 e. The Morgan fingerprint density at radius 3 is 2.92 bits per heavy atom. The molecular formula is C17H21N3O3S. The lowest BCUT2D eigenvalue weighted by Gasteiger charge is -2.11. The molecule has 1 aromatic heterocycles. The zero-order chi connectivity index (χ0) is 16.8. The summed E-state index contributed by atoms with van der Waals surface area (Å²) in [5, 5.41) is 3.77. The van der Waals surface area contributed by atoms with Crippen molar-refractivity contribution in [1.82, 2.24) is 14.9 Å². The second kappa shape index (κ2) is 8.10. The van der Waals surface area contributed by atoms with E-state index in [1.807, 2.05) is 30.5 Å². The number of hydrogen-bond acceptors (Lipinski definition) is 5. The molecule has 24 heavy (non-hydrogen) atoms. The summed E-state index contributed by atoms with van der Waals surface area (Å²) in [5.41, 5.74) is 0. The van der Waals surface area contributed by atoms with Gasteiger partial charge in [0.1, 0.15) is 6.61 Å². The summed E-state index contributed by atoms with van der Waals surface area (Å²) in [6.07, 6.45) is 6.19. The highest BCUT2D eigenvalue weighted by atomic mass is 32.2. The fraction of sp³-hybridized carbons (Fsp3) is 0.412. The fourth-order valence-corrected chi connectivity index (χ4v) is 3.17. The largest absolute Gasteiger partial charge is 0.493 e. The van der Waals surface area contributed by atoms with E-state index in [4.69, 9.17) is 9.47 Å². The SMILES string of the molecule is COc1ccccc1OCCNC(=O)CSc1nccn1C1CC1. The van der Waals surface area contributed by atoms with Crippen LogP contribution in [0.2, 0.25) is 0 Å². The molecule has 1 fully saturated rings. The van der Waals surface area contributed by atoms with Gasteiger partial charge in [0.05, 0.1) is 19.4 Å². The summed E-state index contributed by atoms with van der Waals surface area (Å²) in [4.78, 5) is 16.2. The summed E-state index contributed by atoms with van der Waals surface area (Å²) in [6, 6.07) is 8.03. The maximum atomic E-state index is 11.9. The second-order valence-corrected chi connectivity index (χ2v) is 6.43. The number of methoxy groups -OCH3 is 1. The van der Waals surface area contributed by atoms with Crippen LogP contribution in [0.1, 0.15) is 18.9 Å². The molecule has 6 nitrogen and oxygen atoms in total. The molecule has 1 N–H and O–H groups in total. The maximum Gasteiger partial charge on any atom is 0.230 e. The first-order valence-corrected chi connectivity index (χ1v) is 8.94. The van der Waals surface area contributed by atoms with Gasteiger partial charge in [0.15, 0.2) is 16.7 Å². The van der Waals surface area contributed by atoms with E-state index in [-0.39, 0.29) is 5.91 Å². The van der Waals surface area contributed by atoms with Crippen molar-refractivity contribution in [2.75, 3.05) is 26.0 Å². The van der Waals surface area contributed by atoms with Crippen molar-refractivity contribution in [3.63, 3.8) is 0 Å². The molecule has 1 aromatic carbocycles. The fourth-order valence-electron chi connectivity index (χ4n) is 2.31. The lowest BCUT2D eigenvalue weighted by molar-refractivity contribution is -0.118. The van der Waals surface area contributed by atoms with Gasteiger partial charge in [-0.05, 0) is 25.0 Å². The Morgan fingerprint density at radius 2 is 2.17 bits per heavy atom. The number of carbonyl (C=O) groups excluding carboxylic acids is 1. The number of aromatic nitrogens is 2. The van der Waals surface area contributed by atoms with Crippen molar-refractivity contribution in [2.24, 2.45) is 0 Å². The highest BCUT2D eigenvalue weighted by molar-refractivity contribution is 7.99. The van der Waals surface area contributed by atoms with Gasteiger partial charge in [-0.3, -0.25) is 4.79 Å². The second-order valence-electron chi connectivity index (χ2n) is 5.49. The number of nitrogens with one attached hydrogen (secondary N) is 1. The number of hydrogen-bond donors (Lipinski definition) is 1. The maximum absolute atomic E-state index is 11.9. The minimum absolute atomic E-state index is 0.0195. The highest BCUT2D eigenvalue weighted by Gasteiger charge is 2.25. The number of rotatable bonds is 9. The van der Waals surface area contributed by atoms with Gasteiger partial charge in [-0.15, -0.1) is 0 Å². The van der Waals surface area contributed by atoms with Crippen LogP contribution in [0.4, 0.5) is 0 Å². The van der Waals surface area contributed by atoms with Crippen molar-refractivity contribution in [3.05, 3.63) is 36.7 Å². The van der Waals surface area contributed by atoms with Gasteiger partial charge < -0.3 is 19.4 Å². The molecule has 1 aliphatic rings. The normalized spacial score (nSPS) is 13.5. The van der Waals surface area contributed by atoms with Crippen LogP contribution in [0, 0.1) is 0 Å². The molecule has 0 unspecified atom stereocenters. The van der Waals surface area contributed by atoms with Gasteiger partial charge >= 0.3 is 0 Å². The minimum atomic E-state index is -0.0195. The average molecular weight is 347 g/mol. The molecule has 0 radical (unpaired) electrons. The zero-order valence-electron chi connectivity index (χ0n) is 13.6. The molecule has 0 spiro atoms. The van der Waals surface area contributed by atoms with Gasteiger partial charge in [-0.1, -0.05) is 23.9 Å². The van der Waals surface area contributed by atoms with Crippen LogP contribution in [0.15, 0.2) is 41.8 Å². The lowest BCUT2D eigenvalue weighted by Crippen LogP contribution is -2.29. The van der Waals surface area contributed by atoms with Crippen molar-refractivity contribution < 1.29 is 14.3 Å². The van der Waals surface area contributed by atoms with Crippen LogP contribution >= 0.6 is 11.8 Å². The molecule has 1 saturated carbocycles. The molecule has 1 aliphatic carbocycles. The molecular weight excluding hydrogens is 326 g/mol. The van der Waals surface area contributed by atoms with Crippen LogP contribution in [-0.2, 0) is 4.79 Å². The van der Waals surface area contributed by atoms with E-state index in [0.717, 1.165) is 5.16 Å². The molecule has 1 amide bonds. The first-order valence-electron chi connectivity index (χ1n) is 7.96. The van der Waals surface area contributed by atoms with Crippen molar-refractivity contribution in [3.8, 4) is 11.5 Å². The first-order chi connectivity index (χ1) is 11.8. The van der Waals surface area contributed by atoms with Crippen molar-refractivity contribution in [1.29, 1.82) is 0 Å². The lowest BCUT2D eigenvalue weighted by atomic mass is 10.3. The van der Waals surface area contributed by atoms with Crippen LogP contribution < -0.4 is 14.8 Å². The average Bonchev–Trinajstić information content (AvgIpc) is 3.35. The number of thioether (sulfide) groups is 1. The third-order valence-corrected chi connectivity index (χ3v) is 4.64. The molecule has 0 bridgehead atoms. The van der Waals surface area contributed by atoms with Crippen LogP contribution in [0.5, 0.6) is 11.5 Å². The Labute approximate surface area is 145 Å². The molecule has 2 aromatic rings.